The fourth-order valence-electron chi connectivity index (χ4n) is 1.98. The quantitative estimate of drug-likeness (QED) is 0.771. The monoisotopic (exact) mass is 235 g/mol. The van der Waals surface area contributed by atoms with E-state index in [9.17, 15) is 9.90 Å². The van der Waals surface area contributed by atoms with Crippen molar-refractivity contribution < 1.29 is 14.6 Å². The van der Waals surface area contributed by atoms with Crippen LogP contribution in [0.15, 0.2) is 18.2 Å². The number of phenols is 1. The maximum absolute atomic E-state index is 11.9. The molecule has 4 nitrogen and oxygen atoms in total. The van der Waals surface area contributed by atoms with E-state index in [2.05, 4.69) is 5.32 Å². The van der Waals surface area contributed by atoms with Crippen molar-refractivity contribution in [1.29, 1.82) is 0 Å². The number of carbonyl (C=O) groups is 1. The Kier molecular flexibility index (Phi) is 3.33. The number of carbonyl (C=O) groups excluding carboxylic acids is 1. The summed E-state index contributed by atoms with van der Waals surface area (Å²) in [7, 11) is 0. The van der Waals surface area contributed by atoms with E-state index >= 15 is 0 Å². The smallest absolute Gasteiger partial charge is 0.229 e. The Morgan fingerprint density at radius 3 is 2.88 bits per heavy atom. The molecule has 1 saturated heterocycles. The summed E-state index contributed by atoms with van der Waals surface area (Å²) in [6, 6.07) is 5.03. The number of benzene rings is 1. The van der Waals surface area contributed by atoms with Crippen molar-refractivity contribution in [2.24, 2.45) is 5.92 Å². The molecule has 0 aliphatic carbocycles. The standard InChI is InChI=1S/C13H17NO3/c1-8-5-11(3-4-12(8)15)14-13(16)10-6-9(2)17-7-10/h3-5,9-10,15H,6-7H2,1-2H3,(H,14,16). The molecule has 1 aromatic rings. The minimum Gasteiger partial charge on any atom is -0.508 e. The van der Waals surface area contributed by atoms with E-state index in [1.165, 1.54) is 0 Å². The number of phenolic OH excluding ortho intramolecular Hbond substituents is 1. The zero-order valence-corrected chi connectivity index (χ0v) is 10.1. The van der Waals surface area contributed by atoms with E-state index in [1.807, 2.05) is 6.92 Å². The predicted octanol–water partition coefficient (Wildman–Crippen LogP) is 2.06. The van der Waals surface area contributed by atoms with Crippen LogP contribution in [0, 0.1) is 12.8 Å². The molecule has 92 valence electrons. The molecule has 2 rings (SSSR count). The maximum Gasteiger partial charge on any atom is 0.229 e. The Balaban J connectivity index is 2.00. The first kappa shape index (κ1) is 11.9. The maximum atomic E-state index is 11.9. The van der Waals surface area contributed by atoms with Crippen LogP contribution >= 0.6 is 0 Å². The van der Waals surface area contributed by atoms with Crippen LogP contribution in [0.4, 0.5) is 5.69 Å². The summed E-state index contributed by atoms with van der Waals surface area (Å²) in [5.74, 6) is 0.152. The van der Waals surface area contributed by atoms with Crippen LogP contribution in [-0.4, -0.2) is 23.7 Å². The number of nitrogens with one attached hydrogen (secondary N) is 1. The van der Waals surface area contributed by atoms with Gasteiger partial charge in [0, 0.05) is 5.69 Å². The van der Waals surface area contributed by atoms with Gasteiger partial charge in [-0.3, -0.25) is 4.79 Å². The molecule has 2 atom stereocenters. The summed E-state index contributed by atoms with van der Waals surface area (Å²) in [5, 5.41) is 12.2. The molecule has 0 aromatic heterocycles. The van der Waals surface area contributed by atoms with Gasteiger partial charge in [0.05, 0.1) is 18.6 Å². The molecule has 0 radical (unpaired) electrons. The highest BCUT2D eigenvalue weighted by molar-refractivity contribution is 5.93. The van der Waals surface area contributed by atoms with Crippen LogP contribution in [0.25, 0.3) is 0 Å². The van der Waals surface area contributed by atoms with Gasteiger partial charge < -0.3 is 15.2 Å². The van der Waals surface area contributed by atoms with Crippen LogP contribution < -0.4 is 5.32 Å². The number of hydrogen-bond donors (Lipinski definition) is 2. The number of hydrogen-bond acceptors (Lipinski definition) is 3. The second kappa shape index (κ2) is 4.75. The van der Waals surface area contributed by atoms with Gasteiger partial charge in [0.15, 0.2) is 0 Å². The number of amides is 1. The predicted molar refractivity (Wildman–Crippen MR) is 65.0 cm³/mol. The van der Waals surface area contributed by atoms with Gasteiger partial charge in [-0.25, -0.2) is 0 Å². The van der Waals surface area contributed by atoms with E-state index in [1.54, 1.807) is 25.1 Å². The first-order valence-electron chi connectivity index (χ1n) is 5.78. The van der Waals surface area contributed by atoms with Gasteiger partial charge in [-0.2, -0.15) is 0 Å². The van der Waals surface area contributed by atoms with Gasteiger partial charge in [0.2, 0.25) is 5.91 Å². The van der Waals surface area contributed by atoms with Crippen LogP contribution in [0.2, 0.25) is 0 Å². The molecule has 1 amide bonds. The third-order valence-corrected chi connectivity index (χ3v) is 3.03. The van der Waals surface area contributed by atoms with E-state index < -0.39 is 0 Å². The number of aryl methyl sites for hydroxylation is 1. The number of ether oxygens (including phenoxy) is 1. The minimum absolute atomic E-state index is 0.0144. The van der Waals surface area contributed by atoms with E-state index in [0.717, 1.165) is 12.0 Å². The highest BCUT2D eigenvalue weighted by Crippen LogP contribution is 2.23. The molecule has 0 saturated carbocycles. The Bertz CT molecular complexity index is 431. The van der Waals surface area contributed by atoms with Gasteiger partial charge in [0.1, 0.15) is 5.75 Å². The SMILES string of the molecule is Cc1cc(NC(=O)C2COC(C)C2)ccc1O. The average molecular weight is 235 g/mol. The Labute approximate surface area is 101 Å². The van der Waals surface area contributed by atoms with E-state index in [4.69, 9.17) is 4.74 Å². The fraction of sp³-hybridized carbons (Fsp3) is 0.462. The lowest BCUT2D eigenvalue weighted by Crippen LogP contribution is -2.23. The molecule has 17 heavy (non-hydrogen) atoms. The summed E-state index contributed by atoms with van der Waals surface area (Å²) >= 11 is 0. The van der Waals surface area contributed by atoms with Crippen molar-refractivity contribution in [3.05, 3.63) is 23.8 Å². The third-order valence-electron chi connectivity index (χ3n) is 3.03. The van der Waals surface area contributed by atoms with Crippen molar-refractivity contribution >= 4 is 11.6 Å². The first-order valence-corrected chi connectivity index (χ1v) is 5.78. The number of anilines is 1. The second-order valence-corrected chi connectivity index (χ2v) is 4.57. The molecule has 1 fully saturated rings. The van der Waals surface area contributed by atoms with Crippen molar-refractivity contribution in [3.63, 3.8) is 0 Å². The summed E-state index contributed by atoms with van der Waals surface area (Å²) in [6.07, 6.45) is 0.926. The molecule has 0 spiro atoms. The van der Waals surface area contributed by atoms with E-state index in [0.29, 0.717) is 12.3 Å². The summed E-state index contributed by atoms with van der Waals surface area (Å²) < 4.78 is 5.37. The van der Waals surface area contributed by atoms with Crippen molar-refractivity contribution in [2.75, 3.05) is 11.9 Å². The van der Waals surface area contributed by atoms with Crippen molar-refractivity contribution in [2.45, 2.75) is 26.4 Å². The average Bonchev–Trinajstić information content (AvgIpc) is 2.70. The molecule has 1 aliphatic heterocycles. The Morgan fingerprint density at radius 2 is 2.29 bits per heavy atom. The van der Waals surface area contributed by atoms with Crippen LogP contribution in [0.3, 0.4) is 0 Å². The summed E-state index contributed by atoms with van der Waals surface area (Å²) in [4.78, 5) is 11.9. The zero-order valence-electron chi connectivity index (χ0n) is 10.1. The molecule has 0 bridgehead atoms. The van der Waals surface area contributed by atoms with E-state index in [-0.39, 0.29) is 23.7 Å². The van der Waals surface area contributed by atoms with Crippen LogP contribution in [0.5, 0.6) is 5.75 Å². The highest BCUT2D eigenvalue weighted by Gasteiger charge is 2.28. The largest absolute Gasteiger partial charge is 0.508 e. The number of rotatable bonds is 2. The highest BCUT2D eigenvalue weighted by atomic mass is 16.5. The molecule has 4 heteroatoms. The molecular weight excluding hydrogens is 218 g/mol. The van der Waals surface area contributed by atoms with Gasteiger partial charge >= 0.3 is 0 Å². The van der Waals surface area contributed by atoms with Gasteiger partial charge in [-0.1, -0.05) is 0 Å². The molecular formula is C13H17NO3. The van der Waals surface area contributed by atoms with Gasteiger partial charge in [-0.05, 0) is 44.0 Å². The third kappa shape index (κ3) is 2.77. The lowest BCUT2D eigenvalue weighted by atomic mass is 10.1. The van der Waals surface area contributed by atoms with Crippen LogP contribution in [0.1, 0.15) is 18.9 Å². The summed E-state index contributed by atoms with van der Waals surface area (Å²) in [6.45, 7) is 4.26. The van der Waals surface area contributed by atoms with Crippen LogP contribution in [-0.2, 0) is 9.53 Å². The molecule has 1 aliphatic rings. The lowest BCUT2D eigenvalue weighted by molar-refractivity contribution is -0.119. The first-order chi connectivity index (χ1) is 8.06. The topological polar surface area (TPSA) is 58.6 Å². The molecule has 1 heterocycles. The van der Waals surface area contributed by atoms with Gasteiger partial charge in [-0.15, -0.1) is 0 Å². The molecule has 2 unspecified atom stereocenters. The summed E-state index contributed by atoms with van der Waals surface area (Å²) in [5.41, 5.74) is 1.46. The van der Waals surface area contributed by atoms with Crippen molar-refractivity contribution in [3.8, 4) is 5.75 Å². The molecule has 2 N–H and O–H groups in total. The zero-order chi connectivity index (χ0) is 12.4. The second-order valence-electron chi connectivity index (χ2n) is 4.57. The molecule has 1 aromatic carbocycles. The Hall–Kier alpha value is -1.55. The minimum atomic E-state index is -0.0703. The normalized spacial score (nSPS) is 23.6. The lowest BCUT2D eigenvalue weighted by Gasteiger charge is -2.10. The van der Waals surface area contributed by atoms with Crippen molar-refractivity contribution in [1.82, 2.24) is 0 Å². The van der Waals surface area contributed by atoms with Gasteiger partial charge in [0.25, 0.3) is 0 Å². The fourth-order valence-corrected chi connectivity index (χ4v) is 1.98. The number of aromatic hydroxyl groups is 1. The Morgan fingerprint density at radius 1 is 1.53 bits per heavy atom.